The van der Waals surface area contributed by atoms with Crippen molar-refractivity contribution in [2.75, 3.05) is 18.0 Å². The summed E-state index contributed by atoms with van der Waals surface area (Å²) in [5, 5.41) is 0. The second-order valence-corrected chi connectivity index (χ2v) is 7.17. The molecule has 0 fully saturated rings. The molecule has 2 nitrogen and oxygen atoms in total. The Labute approximate surface area is 148 Å². The standard InChI is InChI=1S/C21H25F2N2/c1-14(2)16-7-5-8-17(15(3)4)20(16)24-11-12-25(13-24)21-18(22)9-6-10-19(21)23/h5-10,13-15H,11-12H2,1-4H3/q+1. The molecule has 0 unspecified atom stereocenters. The van der Waals surface area contributed by atoms with Crippen LogP contribution in [0.3, 0.4) is 0 Å². The SMILES string of the molecule is CC(C)c1cccc(C(C)C)c1[N+]1=CN(c2c(F)cccc2F)CC1. The quantitative estimate of drug-likeness (QED) is 0.673. The van der Waals surface area contributed by atoms with Gasteiger partial charge < -0.3 is 0 Å². The number of anilines is 1. The Hall–Kier alpha value is -2.23. The van der Waals surface area contributed by atoms with Gasteiger partial charge in [-0.15, -0.1) is 0 Å². The zero-order valence-electron chi connectivity index (χ0n) is 15.3. The van der Waals surface area contributed by atoms with Crippen molar-refractivity contribution in [2.24, 2.45) is 0 Å². The first kappa shape index (κ1) is 17.6. The van der Waals surface area contributed by atoms with Crippen molar-refractivity contribution in [3.8, 4) is 0 Å². The average molecular weight is 343 g/mol. The summed E-state index contributed by atoms with van der Waals surface area (Å²) in [6.45, 7) is 9.96. The molecule has 25 heavy (non-hydrogen) atoms. The molecule has 0 spiro atoms. The predicted octanol–water partition coefficient (Wildman–Crippen LogP) is 5.40. The molecule has 0 saturated carbocycles. The zero-order chi connectivity index (χ0) is 18.1. The van der Waals surface area contributed by atoms with E-state index in [0.29, 0.717) is 24.9 Å². The van der Waals surface area contributed by atoms with E-state index < -0.39 is 11.6 Å². The molecule has 0 aliphatic carbocycles. The van der Waals surface area contributed by atoms with E-state index in [1.54, 1.807) is 4.90 Å². The van der Waals surface area contributed by atoms with Gasteiger partial charge in [0, 0.05) is 11.1 Å². The fourth-order valence-corrected chi connectivity index (χ4v) is 3.45. The van der Waals surface area contributed by atoms with Crippen LogP contribution in [0.1, 0.15) is 50.7 Å². The van der Waals surface area contributed by atoms with Crippen molar-refractivity contribution in [3.63, 3.8) is 0 Å². The van der Waals surface area contributed by atoms with Crippen LogP contribution in [-0.4, -0.2) is 24.0 Å². The zero-order valence-corrected chi connectivity index (χ0v) is 15.3. The maximum Gasteiger partial charge on any atom is 0.244 e. The third-order valence-electron chi connectivity index (χ3n) is 4.72. The number of halogens is 2. The maximum absolute atomic E-state index is 14.1. The van der Waals surface area contributed by atoms with E-state index in [-0.39, 0.29) is 5.69 Å². The number of para-hydroxylation sites is 2. The molecule has 2 aromatic rings. The van der Waals surface area contributed by atoms with E-state index in [0.717, 1.165) is 0 Å². The molecule has 3 rings (SSSR count). The van der Waals surface area contributed by atoms with Gasteiger partial charge in [0.25, 0.3) is 0 Å². The third kappa shape index (κ3) is 3.30. The summed E-state index contributed by atoms with van der Waals surface area (Å²) in [5.41, 5.74) is 3.72. The van der Waals surface area contributed by atoms with Gasteiger partial charge >= 0.3 is 0 Å². The van der Waals surface area contributed by atoms with Crippen molar-refractivity contribution < 1.29 is 13.4 Å². The van der Waals surface area contributed by atoms with Gasteiger partial charge in [0.15, 0.2) is 17.3 Å². The number of nitrogens with zero attached hydrogens (tertiary/aromatic N) is 2. The third-order valence-corrected chi connectivity index (χ3v) is 4.72. The Morgan fingerprint density at radius 2 is 1.40 bits per heavy atom. The molecule has 0 aromatic heterocycles. The van der Waals surface area contributed by atoms with Gasteiger partial charge in [0.05, 0.1) is 0 Å². The minimum atomic E-state index is -0.528. The number of hydrogen-bond acceptors (Lipinski definition) is 1. The highest BCUT2D eigenvalue weighted by Gasteiger charge is 2.30. The minimum absolute atomic E-state index is 0.0260. The highest BCUT2D eigenvalue weighted by molar-refractivity contribution is 5.79. The Bertz CT molecular complexity index is 763. The van der Waals surface area contributed by atoms with Crippen LogP contribution in [-0.2, 0) is 0 Å². The van der Waals surface area contributed by atoms with E-state index in [9.17, 15) is 8.78 Å². The molecule has 0 amide bonds. The lowest BCUT2D eigenvalue weighted by molar-refractivity contribution is -0.425. The molecule has 1 aliphatic heterocycles. The summed E-state index contributed by atoms with van der Waals surface area (Å²) < 4.78 is 30.4. The van der Waals surface area contributed by atoms with Gasteiger partial charge in [-0.3, -0.25) is 0 Å². The molecule has 0 bridgehead atoms. The van der Waals surface area contributed by atoms with E-state index in [2.05, 4.69) is 50.5 Å². The Kier molecular flexibility index (Phi) is 4.89. The lowest BCUT2D eigenvalue weighted by atomic mass is 9.92. The fourth-order valence-electron chi connectivity index (χ4n) is 3.45. The topological polar surface area (TPSA) is 6.25 Å². The van der Waals surface area contributed by atoms with Crippen LogP contribution in [0.5, 0.6) is 0 Å². The normalized spacial score (nSPS) is 14.6. The van der Waals surface area contributed by atoms with Gasteiger partial charge in [0.2, 0.25) is 6.34 Å². The summed E-state index contributed by atoms with van der Waals surface area (Å²) in [4.78, 5) is 1.67. The Balaban J connectivity index is 2.09. The maximum atomic E-state index is 14.1. The van der Waals surface area contributed by atoms with Crippen LogP contribution in [0.15, 0.2) is 36.4 Å². The lowest BCUT2D eigenvalue weighted by Crippen LogP contribution is -2.20. The molecular formula is C21H25F2N2+. The molecule has 0 atom stereocenters. The van der Waals surface area contributed by atoms with Crippen LogP contribution in [0.25, 0.3) is 0 Å². The predicted molar refractivity (Wildman–Crippen MR) is 99.2 cm³/mol. The van der Waals surface area contributed by atoms with Crippen LogP contribution in [0.2, 0.25) is 0 Å². The van der Waals surface area contributed by atoms with Gasteiger partial charge in [0.1, 0.15) is 18.8 Å². The van der Waals surface area contributed by atoms with Crippen LogP contribution in [0.4, 0.5) is 20.2 Å². The second-order valence-electron chi connectivity index (χ2n) is 7.17. The summed E-state index contributed by atoms with van der Waals surface area (Å²) in [6.07, 6.45) is 1.84. The van der Waals surface area contributed by atoms with Crippen LogP contribution < -0.4 is 4.90 Å². The molecule has 132 valence electrons. The summed E-state index contributed by atoms with van der Waals surface area (Å²) in [7, 11) is 0. The number of benzene rings is 2. The molecule has 1 heterocycles. The van der Waals surface area contributed by atoms with Crippen LogP contribution in [0, 0.1) is 11.6 Å². The molecule has 2 aromatic carbocycles. The highest BCUT2D eigenvalue weighted by atomic mass is 19.1. The molecule has 0 N–H and O–H groups in total. The summed E-state index contributed by atoms with van der Waals surface area (Å²) in [5.74, 6) is -0.304. The van der Waals surface area contributed by atoms with Gasteiger partial charge in [-0.2, -0.15) is 0 Å². The van der Waals surface area contributed by atoms with Crippen molar-refractivity contribution in [1.82, 2.24) is 0 Å². The fraction of sp³-hybridized carbons (Fsp3) is 0.381. The Morgan fingerprint density at radius 1 is 0.880 bits per heavy atom. The van der Waals surface area contributed by atoms with E-state index >= 15 is 0 Å². The molecule has 0 radical (unpaired) electrons. The second kappa shape index (κ2) is 6.95. The smallest absolute Gasteiger partial charge is 0.229 e. The molecule has 0 saturated heterocycles. The summed E-state index contributed by atoms with van der Waals surface area (Å²) in [6, 6.07) is 10.4. The largest absolute Gasteiger partial charge is 0.244 e. The number of rotatable bonds is 4. The minimum Gasteiger partial charge on any atom is -0.229 e. The Morgan fingerprint density at radius 3 is 1.92 bits per heavy atom. The van der Waals surface area contributed by atoms with Gasteiger partial charge in [-0.1, -0.05) is 52.0 Å². The summed E-state index contributed by atoms with van der Waals surface area (Å²) >= 11 is 0. The van der Waals surface area contributed by atoms with Crippen molar-refractivity contribution in [2.45, 2.75) is 39.5 Å². The van der Waals surface area contributed by atoms with Crippen molar-refractivity contribution >= 4 is 17.7 Å². The van der Waals surface area contributed by atoms with Crippen LogP contribution >= 0.6 is 0 Å². The highest BCUT2D eigenvalue weighted by Crippen LogP contribution is 2.35. The first-order chi connectivity index (χ1) is 11.9. The number of hydrogen-bond donors (Lipinski definition) is 0. The first-order valence-electron chi connectivity index (χ1n) is 8.85. The van der Waals surface area contributed by atoms with Crippen molar-refractivity contribution in [1.29, 1.82) is 0 Å². The molecule has 1 aliphatic rings. The lowest BCUT2D eigenvalue weighted by Gasteiger charge is -2.17. The van der Waals surface area contributed by atoms with Gasteiger partial charge in [-0.25, -0.2) is 18.3 Å². The van der Waals surface area contributed by atoms with E-state index in [1.165, 1.54) is 35.0 Å². The van der Waals surface area contributed by atoms with E-state index in [1.807, 2.05) is 6.34 Å². The van der Waals surface area contributed by atoms with Gasteiger partial charge in [-0.05, 0) is 24.0 Å². The average Bonchev–Trinajstić information content (AvgIpc) is 3.03. The van der Waals surface area contributed by atoms with E-state index in [4.69, 9.17) is 0 Å². The molecule has 4 heteroatoms. The van der Waals surface area contributed by atoms with Crippen molar-refractivity contribution in [3.05, 3.63) is 59.2 Å². The monoisotopic (exact) mass is 343 g/mol. The molecular weight excluding hydrogens is 318 g/mol. The first-order valence-corrected chi connectivity index (χ1v) is 8.85.